The van der Waals surface area contributed by atoms with E-state index < -0.39 is 5.60 Å². The minimum absolute atomic E-state index is 0.339. The standard InChI is InChI=1S/C14H20O2/c1-14(15,10-16-2)13-8-7-11-5-3-4-6-12(11)9-13/h7-9,15H,3-6,10H2,1-2H3. The second kappa shape index (κ2) is 4.56. The molecule has 88 valence electrons. The van der Waals surface area contributed by atoms with Gasteiger partial charge in [0.2, 0.25) is 0 Å². The van der Waals surface area contributed by atoms with Crippen molar-refractivity contribution >= 4 is 0 Å². The zero-order valence-electron chi connectivity index (χ0n) is 10.1. The van der Waals surface area contributed by atoms with Gasteiger partial charge in [-0.1, -0.05) is 18.2 Å². The van der Waals surface area contributed by atoms with Crippen LogP contribution in [-0.4, -0.2) is 18.8 Å². The molecule has 1 aromatic carbocycles. The zero-order valence-corrected chi connectivity index (χ0v) is 10.1. The van der Waals surface area contributed by atoms with Crippen LogP contribution >= 0.6 is 0 Å². The number of fused-ring (bicyclic) bond motifs is 1. The minimum atomic E-state index is -0.874. The summed E-state index contributed by atoms with van der Waals surface area (Å²) in [6, 6.07) is 6.34. The molecule has 1 atom stereocenters. The third-order valence-corrected chi connectivity index (χ3v) is 3.40. The lowest BCUT2D eigenvalue weighted by Crippen LogP contribution is -2.27. The van der Waals surface area contributed by atoms with Crippen LogP contribution in [-0.2, 0) is 23.2 Å². The second-order valence-electron chi connectivity index (χ2n) is 4.90. The van der Waals surface area contributed by atoms with Crippen LogP contribution in [0.2, 0.25) is 0 Å². The molecule has 0 saturated carbocycles. The molecule has 2 heteroatoms. The van der Waals surface area contributed by atoms with Crippen molar-refractivity contribution in [2.75, 3.05) is 13.7 Å². The Hall–Kier alpha value is -0.860. The van der Waals surface area contributed by atoms with Gasteiger partial charge in [-0.25, -0.2) is 0 Å². The quantitative estimate of drug-likeness (QED) is 0.847. The maximum atomic E-state index is 10.3. The van der Waals surface area contributed by atoms with E-state index in [1.807, 2.05) is 6.07 Å². The molecule has 0 fully saturated rings. The molecular weight excluding hydrogens is 200 g/mol. The molecule has 0 bridgehead atoms. The molecule has 0 amide bonds. The van der Waals surface area contributed by atoms with Gasteiger partial charge in [0.05, 0.1) is 6.61 Å². The number of hydrogen-bond donors (Lipinski definition) is 1. The Morgan fingerprint density at radius 2 is 1.94 bits per heavy atom. The number of aryl methyl sites for hydroxylation is 2. The summed E-state index contributed by atoms with van der Waals surface area (Å²) in [6.45, 7) is 2.15. The largest absolute Gasteiger partial charge is 0.383 e. The predicted octanol–water partition coefficient (Wildman–Crippen LogP) is 2.42. The van der Waals surface area contributed by atoms with Crippen LogP contribution in [0.4, 0.5) is 0 Å². The molecule has 1 aromatic rings. The number of benzene rings is 1. The van der Waals surface area contributed by atoms with Crippen molar-refractivity contribution in [1.82, 2.24) is 0 Å². The highest BCUT2D eigenvalue weighted by Gasteiger charge is 2.24. The maximum absolute atomic E-state index is 10.3. The fourth-order valence-corrected chi connectivity index (χ4v) is 2.43. The molecule has 16 heavy (non-hydrogen) atoms. The van der Waals surface area contributed by atoms with Crippen molar-refractivity contribution in [2.45, 2.75) is 38.2 Å². The van der Waals surface area contributed by atoms with E-state index in [-0.39, 0.29) is 0 Å². The van der Waals surface area contributed by atoms with Crippen LogP contribution < -0.4 is 0 Å². The van der Waals surface area contributed by atoms with Gasteiger partial charge in [0.1, 0.15) is 5.60 Å². The Kier molecular flexibility index (Phi) is 3.31. The van der Waals surface area contributed by atoms with E-state index in [2.05, 4.69) is 12.1 Å². The van der Waals surface area contributed by atoms with E-state index in [4.69, 9.17) is 4.74 Å². The molecule has 0 spiro atoms. The fourth-order valence-electron chi connectivity index (χ4n) is 2.43. The lowest BCUT2D eigenvalue weighted by atomic mass is 9.87. The van der Waals surface area contributed by atoms with E-state index in [1.54, 1.807) is 14.0 Å². The number of aliphatic hydroxyl groups is 1. The lowest BCUT2D eigenvalue weighted by Gasteiger charge is -2.25. The van der Waals surface area contributed by atoms with E-state index >= 15 is 0 Å². The van der Waals surface area contributed by atoms with Crippen molar-refractivity contribution in [1.29, 1.82) is 0 Å². The summed E-state index contributed by atoms with van der Waals surface area (Å²) in [5, 5.41) is 10.3. The zero-order chi connectivity index (χ0) is 11.6. The van der Waals surface area contributed by atoms with Crippen molar-refractivity contribution in [3.63, 3.8) is 0 Å². The summed E-state index contributed by atoms with van der Waals surface area (Å²) in [7, 11) is 1.62. The lowest BCUT2D eigenvalue weighted by molar-refractivity contribution is -0.0208. The van der Waals surface area contributed by atoms with Crippen LogP contribution in [0.3, 0.4) is 0 Å². The first-order chi connectivity index (χ1) is 7.63. The Bertz CT molecular complexity index is 369. The number of hydrogen-bond acceptors (Lipinski definition) is 2. The third-order valence-electron chi connectivity index (χ3n) is 3.40. The van der Waals surface area contributed by atoms with Crippen molar-refractivity contribution in [3.05, 3.63) is 34.9 Å². The first-order valence-electron chi connectivity index (χ1n) is 5.97. The molecule has 0 radical (unpaired) electrons. The average molecular weight is 220 g/mol. The molecule has 0 aliphatic heterocycles. The normalized spacial score (nSPS) is 18.9. The fraction of sp³-hybridized carbons (Fsp3) is 0.571. The van der Waals surface area contributed by atoms with Crippen molar-refractivity contribution in [3.8, 4) is 0 Å². The van der Waals surface area contributed by atoms with Gasteiger partial charge in [-0.05, 0) is 49.3 Å². The van der Waals surface area contributed by atoms with E-state index in [0.29, 0.717) is 6.61 Å². The minimum Gasteiger partial charge on any atom is -0.383 e. The van der Waals surface area contributed by atoms with Gasteiger partial charge >= 0.3 is 0 Å². The molecule has 1 aliphatic carbocycles. The number of ether oxygens (including phenoxy) is 1. The first-order valence-corrected chi connectivity index (χ1v) is 5.97. The average Bonchev–Trinajstić information content (AvgIpc) is 2.28. The van der Waals surface area contributed by atoms with Crippen LogP contribution in [0, 0.1) is 0 Å². The van der Waals surface area contributed by atoms with Gasteiger partial charge in [0.15, 0.2) is 0 Å². The summed E-state index contributed by atoms with van der Waals surface area (Å²) in [5.41, 5.74) is 2.94. The number of rotatable bonds is 3. The molecule has 1 aliphatic rings. The van der Waals surface area contributed by atoms with Crippen LogP contribution in [0.1, 0.15) is 36.5 Å². The SMILES string of the molecule is COCC(C)(O)c1ccc2c(c1)CCCC2. The van der Waals surface area contributed by atoms with E-state index in [1.165, 1.54) is 30.4 Å². The van der Waals surface area contributed by atoms with E-state index in [0.717, 1.165) is 12.0 Å². The molecule has 2 nitrogen and oxygen atoms in total. The molecule has 0 saturated heterocycles. The van der Waals surface area contributed by atoms with Crippen LogP contribution in [0.15, 0.2) is 18.2 Å². The Morgan fingerprint density at radius 1 is 1.25 bits per heavy atom. The monoisotopic (exact) mass is 220 g/mol. The van der Waals surface area contributed by atoms with Gasteiger partial charge in [-0.3, -0.25) is 0 Å². The summed E-state index contributed by atoms with van der Waals surface area (Å²) in [4.78, 5) is 0. The Balaban J connectivity index is 2.29. The summed E-state index contributed by atoms with van der Waals surface area (Å²) >= 11 is 0. The highest BCUT2D eigenvalue weighted by Crippen LogP contribution is 2.27. The van der Waals surface area contributed by atoms with Gasteiger partial charge in [0, 0.05) is 7.11 Å². The second-order valence-corrected chi connectivity index (χ2v) is 4.90. The smallest absolute Gasteiger partial charge is 0.110 e. The van der Waals surface area contributed by atoms with Crippen LogP contribution in [0.25, 0.3) is 0 Å². The molecule has 2 rings (SSSR count). The third kappa shape index (κ3) is 2.28. The molecule has 1 unspecified atom stereocenters. The van der Waals surface area contributed by atoms with Gasteiger partial charge in [-0.15, -0.1) is 0 Å². The highest BCUT2D eigenvalue weighted by molar-refractivity contribution is 5.36. The predicted molar refractivity (Wildman–Crippen MR) is 64.5 cm³/mol. The highest BCUT2D eigenvalue weighted by atomic mass is 16.5. The summed E-state index contributed by atoms with van der Waals surface area (Å²) < 4.78 is 5.06. The van der Waals surface area contributed by atoms with Crippen LogP contribution in [0.5, 0.6) is 0 Å². The summed E-state index contributed by atoms with van der Waals surface area (Å²) in [5.74, 6) is 0. The van der Waals surface area contributed by atoms with Gasteiger partial charge in [0.25, 0.3) is 0 Å². The topological polar surface area (TPSA) is 29.5 Å². The summed E-state index contributed by atoms with van der Waals surface area (Å²) in [6.07, 6.45) is 4.89. The molecule has 0 aromatic heterocycles. The maximum Gasteiger partial charge on any atom is 0.110 e. The molecule has 0 heterocycles. The van der Waals surface area contributed by atoms with Gasteiger partial charge in [-0.2, -0.15) is 0 Å². The molecular formula is C14H20O2. The first kappa shape index (κ1) is 11.6. The molecule has 1 N–H and O–H groups in total. The van der Waals surface area contributed by atoms with Crippen molar-refractivity contribution in [2.24, 2.45) is 0 Å². The van der Waals surface area contributed by atoms with Gasteiger partial charge < -0.3 is 9.84 Å². The van der Waals surface area contributed by atoms with Crippen molar-refractivity contribution < 1.29 is 9.84 Å². The Labute approximate surface area is 97.3 Å². The number of methoxy groups -OCH3 is 1. The van der Waals surface area contributed by atoms with E-state index in [9.17, 15) is 5.11 Å². The Morgan fingerprint density at radius 3 is 2.62 bits per heavy atom.